The van der Waals surface area contributed by atoms with E-state index in [-0.39, 0.29) is 6.61 Å². The summed E-state index contributed by atoms with van der Waals surface area (Å²) >= 11 is 0. The van der Waals surface area contributed by atoms with Gasteiger partial charge < -0.3 is 14.2 Å². The molecule has 1 aromatic rings. The number of esters is 1. The normalized spacial score (nSPS) is 11.4. The van der Waals surface area contributed by atoms with Crippen molar-refractivity contribution >= 4 is 5.97 Å². The molecule has 1 aromatic carbocycles. The number of ether oxygens (including phenoxy) is 3. The van der Waals surface area contributed by atoms with Gasteiger partial charge in [-0.3, -0.25) is 0 Å². The van der Waals surface area contributed by atoms with Crippen molar-refractivity contribution in [2.45, 2.75) is 13.0 Å². The van der Waals surface area contributed by atoms with Crippen LogP contribution in [-0.4, -0.2) is 25.8 Å². The molecule has 0 aliphatic carbocycles. The molecule has 4 nitrogen and oxygen atoms in total. The smallest absolute Gasteiger partial charge is 0.347 e. The molecule has 0 N–H and O–H groups in total. The molecule has 1 unspecified atom stereocenters. The summed E-state index contributed by atoms with van der Waals surface area (Å²) in [6.07, 6.45) is 0.862. The molecule has 0 saturated carbocycles. The van der Waals surface area contributed by atoms with Crippen molar-refractivity contribution in [3.05, 3.63) is 36.9 Å². The monoisotopic (exact) mass is 236 g/mol. The second kappa shape index (κ2) is 6.58. The van der Waals surface area contributed by atoms with Gasteiger partial charge in [-0.25, -0.2) is 4.79 Å². The SMILES string of the molecule is C=CCOC(=O)C(C)Oc1ccc(OC)cc1. The molecule has 1 rings (SSSR count). The van der Waals surface area contributed by atoms with Gasteiger partial charge in [0.2, 0.25) is 0 Å². The van der Waals surface area contributed by atoms with E-state index in [1.165, 1.54) is 6.08 Å². The molecular formula is C13H16O4. The predicted molar refractivity (Wildman–Crippen MR) is 64.2 cm³/mol. The summed E-state index contributed by atoms with van der Waals surface area (Å²) in [5.41, 5.74) is 0. The van der Waals surface area contributed by atoms with E-state index in [1.54, 1.807) is 38.3 Å². The summed E-state index contributed by atoms with van der Waals surface area (Å²) in [5, 5.41) is 0. The Morgan fingerprint density at radius 2 is 1.94 bits per heavy atom. The third-order valence-electron chi connectivity index (χ3n) is 2.05. The zero-order valence-corrected chi connectivity index (χ0v) is 10.0. The zero-order valence-electron chi connectivity index (χ0n) is 10.0. The average Bonchev–Trinajstić information content (AvgIpc) is 2.36. The van der Waals surface area contributed by atoms with E-state index in [2.05, 4.69) is 6.58 Å². The highest BCUT2D eigenvalue weighted by Gasteiger charge is 2.15. The maximum Gasteiger partial charge on any atom is 0.347 e. The largest absolute Gasteiger partial charge is 0.497 e. The molecule has 0 spiro atoms. The second-order valence-corrected chi connectivity index (χ2v) is 3.35. The van der Waals surface area contributed by atoms with Crippen molar-refractivity contribution in [3.63, 3.8) is 0 Å². The molecule has 4 heteroatoms. The van der Waals surface area contributed by atoms with Crippen LogP contribution in [0.2, 0.25) is 0 Å². The van der Waals surface area contributed by atoms with Crippen molar-refractivity contribution in [1.82, 2.24) is 0 Å². The van der Waals surface area contributed by atoms with Crippen LogP contribution < -0.4 is 9.47 Å². The average molecular weight is 236 g/mol. The number of rotatable bonds is 6. The van der Waals surface area contributed by atoms with Gasteiger partial charge in [0.25, 0.3) is 0 Å². The van der Waals surface area contributed by atoms with Crippen LogP contribution in [0.5, 0.6) is 11.5 Å². The van der Waals surface area contributed by atoms with Gasteiger partial charge in [-0.05, 0) is 31.2 Å². The van der Waals surface area contributed by atoms with Gasteiger partial charge in [0.15, 0.2) is 6.10 Å². The Labute approximate surface area is 101 Å². The first-order chi connectivity index (χ1) is 8.17. The van der Waals surface area contributed by atoms with Crippen LogP contribution in [0.1, 0.15) is 6.92 Å². The highest BCUT2D eigenvalue weighted by atomic mass is 16.6. The van der Waals surface area contributed by atoms with Gasteiger partial charge in [-0.1, -0.05) is 12.7 Å². The minimum absolute atomic E-state index is 0.190. The topological polar surface area (TPSA) is 44.8 Å². The van der Waals surface area contributed by atoms with Gasteiger partial charge in [-0.15, -0.1) is 0 Å². The molecule has 0 bridgehead atoms. The van der Waals surface area contributed by atoms with Crippen LogP contribution in [-0.2, 0) is 9.53 Å². The summed E-state index contributed by atoms with van der Waals surface area (Å²) in [6.45, 7) is 5.29. The maximum absolute atomic E-state index is 11.4. The van der Waals surface area contributed by atoms with Crippen LogP contribution in [0, 0.1) is 0 Å². The lowest BCUT2D eigenvalue weighted by Crippen LogP contribution is -2.26. The minimum atomic E-state index is -0.650. The highest BCUT2D eigenvalue weighted by molar-refractivity contribution is 5.74. The Hall–Kier alpha value is -1.97. The molecule has 92 valence electrons. The highest BCUT2D eigenvalue weighted by Crippen LogP contribution is 2.18. The Kier molecular flexibility index (Phi) is 5.07. The van der Waals surface area contributed by atoms with Crippen molar-refractivity contribution in [3.8, 4) is 11.5 Å². The first kappa shape index (κ1) is 13.1. The fraction of sp³-hybridized carbons (Fsp3) is 0.308. The fourth-order valence-electron chi connectivity index (χ4n) is 1.16. The Balaban J connectivity index is 2.51. The summed E-state index contributed by atoms with van der Waals surface area (Å²) in [5.74, 6) is 0.911. The molecule has 1 atom stereocenters. The molecule has 0 heterocycles. The van der Waals surface area contributed by atoms with E-state index in [1.807, 2.05) is 0 Å². The van der Waals surface area contributed by atoms with E-state index in [0.29, 0.717) is 5.75 Å². The number of methoxy groups -OCH3 is 1. The zero-order chi connectivity index (χ0) is 12.7. The van der Waals surface area contributed by atoms with Crippen LogP contribution in [0.3, 0.4) is 0 Å². The summed E-state index contributed by atoms with van der Waals surface area (Å²) in [7, 11) is 1.59. The number of carbonyl (C=O) groups is 1. The fourth-order valence-corrected chi connectivity index (χ4v) is 1.16. The molecule has 0 fully saturated rings. The van der Waals surface area contributed by atoms with Gasteiger partial charge >= 0.3 is 5.97 Å². The van der Waals surface area contributed by atoms with Gasteiger partial charge in [0, 0.05) is 0 Å². The van der Waals surface area contributed by atoms with Crippen molar-refractivity contribution in [2.24, 2.45) is 0 Å². The lowest BCUT2D eigenvalue weighted by molar-refractivity contribution is -0.149. The van der Waals surface area contributed by atoms with Gasteiger partial charge in [-0.2, -0.15) is 0 Å². The molecule has 0 amide bonds. The Morgan fingerprint density at radius 3 is 2.47 bits per heavy atom. The number of hydrogen-bond donors (Lipinski definition) is 0. The number of carbonyl (C=O) groups excluding carboxylic acids is 1. The van der Waals surface area contributed by atoms with Crippen LogP contribution in [0.4, 0.5) is 0 Å². The van der Waals surface area contributed by atoms with E-state index in [0.717, 1.165) is 5.75 Å². The minimum Gasteiger partial charge on any atom is -0.497 e. The Morgan fingerprint density at radius 1 is 1.35 bits per heavy atom. The second-order valence-electron chi connectivity index (χ2n) is 3.35. The summed E-state index contributed by atoms with van der Waals surface area (Å²) < 4.78 is 15.3. The third kappa shape index (κ3) is 4.18. The maximum atomic E-state index is 11.4. The molecule has 0 saturated heterocycles. The van der Waals surface area contributed by atoms with E-state index in [9.17, 15) is 4.79 Å². The van der Waals surface area contributed by atoms with E-state index < -0.39 is 12.1 Å². The lowest BCUT2D eigenvalue weighted by atomic mass is 10.3. The van der Waals surface area contributed by atoms with Crippen LogP contribution >= 0.6 is 0 Å². The summed E-state index contributed by atoms with van der Waals surface area (Å²) in [6, 6.07) is 6.99. The van der Waals surface area contributed by atoms with Crippen LogP contribution in [0.25, 0.3) is 0 Å². The van der Waals surface area contributed by atoms with Crippen molar-refractivity contribution in [1.29, 1.82) is 0 Å². The molecule has 0 aliphatic heterocycles. The molecule has 17 heavy (non-hydrogen) atoms. The van der Waals surface area contributed by atoms with Gasteiger partial charge in [0.05, 0.1) is 7.11 Å². The first-order valence-electron chi connectivity index (χ1n) is 5.25. The predicted octanol–water partition coefficient (Wildman–Crippen LogP) is 2.19. The lowest BCUT2D eigenvalue weighted by Gasteiger charge is -2.13. The molecule has 0 aromatic heterocycles. The molecular weight excluding hydrogens is 220 g/mol. The summed E-state index contributed by atoms with van der Waals surface area (Å²) in [4.78, 5) is 11.4. The molecule has 0 radical (unpaired) electrons. The van der Waals surface area contributed by atoms with Crippen molar-refractivity contribution in [2.75, 3.05) is 13.7 Å². The third-order valence-corrected chi connectivity index (χ3v) is 2.05. The Bertz CT molecular complexity index is 370. The molecule has 0 aliphatic rings. The first-order valence-corrected chi connectivity index (χ1v) is 5.25. The van der Waals surface area contributed by atoms with Crippen molar-refractivity contribution < 1.29 is 19.0 Å². The number of benzene rings is 1. The van der Waals surface area contributed by atoms with Gasteiger partial charge in [0.1, 0.15) is 18.1 Å². The van der Waals surface area contributed by atoms with E-state index >= 15 is 0 Å². The standard InChI is InChI=1S/C13H16O4/c1-4-9-16-13(14)10(2)17-12-7-5-11(15-3)6-8-12/h4-8,10H,1,9H2,2-3H3. The quantitative estimate of drug-likeness (QED) is 0.561. The number of hydrogen-bond acceptors (Lipinski definition) is 4. The van der Waals surface area contributed by atoms with E-state index in [4.69, 9.17) is 14.2 Å². The van der Waals surface area contributed by atoms with Crippen LogP contribution in [0.15, 0.2) is 36.9 Å².